The Hall–Kier alpha value is -0.910. The van der Waals surface area contributed by atoms with Crippen LogP contribution in [0.2, 0.25) is 0 Å². The van der Waals surface area contributed by atoms with Crippen molar-refractivity contribution in [1.82, 2.24) is 5.32 Å². The topological polar surface area (TPSA) is 102 Å². The Morgan fingerprint density at radius 2 is 1.57 bits per heavy atom. The van der Waals surface area contributed by atoms with Gasteiger partial charge in [0.25, 0.3) is 0 Å². The van der Waals surface area contributed by atoms with Gasteiger partial charge in [0.2, 0.25) is 5.91 Å². The van der Waals surface area contributed by atoms with Crippen LogP contribution in [0.4, 0.5) is 0 Å². The van der Waals surface area contributed by atoms with Gasteiger partial charge in [-0.2, -0.15) is 0 Å². The fourth-order valence-corrected chi connectivity index (χ4v) is 4.36. The third kappa shape index (κ3) is 7.02. The molecule has 23 heavy (non-hydrogen) atoms. The van der Waals surface area contributed by atoms with Crippen molar-refractivity contribution in [2.24, 2.45) is 11.8 Å². The number of carboxylic acid groups (broad SMARTS) is 1. The molecule has 0 aromatic carbocycles. The van der Waals surface area contributed by atoms with Crippen molar-refractivity contribution in [3.05, 3.63) is 0 Å². The summed E-state index contributed by atoms with van der Waals surface area (Å²) in [5.41, 5.74) is -1.03. The average molecular weight is 351 g/mol. The normalized spacial score (nSPS) is 14.8. The number of aliphatic carboxylic acids is 1. The van der Waals surface area contributed by atoms with E-state index in [0.717, 1.165) is 0 Å². The standard InChI is InChI=1S/C15H30NO6P/c1-7-21-23(20,22-8-2)12(9-10(3)4)14(17)16-13(11(5)6)15(18)19/h10-13H,7-9H2,1-6H3,(H,16,17)(H,18,19)/t12?,13-/m0/s1. The lowest BCUT2D eigenvalue weighted by molar-refractivity contribution is -0.143. The van der Waals surface area contributed by atoms with Gasteiger partial charge >= 0.3 is 13.6 Å². The largest absolute Gasteiger partial charge is 0.480 e. The molecule has 0 saturated heterocycles. The first-order chi connectivity index (χ1) is 10.6. The van der Waals surface area contributed by atoms with Crippen LogP contribution in [0.3, 0.4) is 0 Å². The van der Waals surface area contributed by atoms with E-state index >= 15 is 0 Å². The van der Waals surface area contributed by atoms with E-state index in [4.69, 9.17) is 9.05 Å². The van der Waals surface area contributed by atoms with Crippen LogP contribution in [0, 0.1) is 11.8 Å². The third-order valence-corrected chi connectivity index (χ3v) is 5.67. The van der Waals surface area contributed by atoms with Gasteiger partial charge in [-0.15, -0.1) is 0 Å². The molecular weight excluding hydrogens is 321 g/mol. The van der Waals surface area contributed by atoms with Crippen LogP contribution >= 0.6 is 7.60 Å². The minimum Gasteiger partial charge on any atom is -0.480 e. The van der Waals surface area contributed by atoms with E-state index in [1.807, 2.05) is 13.8 Å². The molecule has 0 aromatic rings. The van der Waals surface area contributed by atoms with Crippen molar-refractivity contribution in [2.45, 2.75) is 59.7 Å². The summed E-state index contributed by atoms with van der Waals surface area (Å²) >= 11 is 0. The van der Waals surface area contributed by atoms with Crippen LogP contribution in [0.1, 0.15) is 48.0 Å². The molecule has 0 spiro atoms. The highest BCUT2D eigenvalue weighted by Gasteiger charge is 2.42. The Bertz CT molecular complexity index is 428. The Kier molecular flexibility index (Phi) is 9.66. The maximum absolute atomic E-state index is 13.0. The maximum atomic E-state index is 13.0. The van der Waals surface area contributed by atoms with E-state index in [-0.39, 0.29) is 31.5 Å². The van der Waals surface area contributed by atoms with Gasteiger partial charge in [0.15, 0.2) is 0 Å². The zero-order valence-electron chi connectivity index (χ0n) is 14.9. The number of carbonyl (C=O) groups is 2. The summed E-state index contributed by atoms with van der Waals surface area (Å²) in [4.78, 5) is 23.9. The van der Waals surface area contributed by atoms with Gasteiger partial charge < -0.3 is 19.5 Å². The van der Waals surface area contributed by atoms with Gasteiger partial charge in [-0.1, -0.05) is 27.7 Å². The summed E-state index contributed by atoms with van der Waals surface area (Å²) < 4.78 is 23.5. The predicted octanol–water partition coefficient (Wildman–Crippen LogP) is 2.89. The number of amides is 1. The Morgan fingerprint density at radius 1 is 1.09 bits per heavy atom. The van der Waals surface area contributed by atoms with Gasteiger partial charge in [0, 0.05) is 0 Å². The first-order valence-electron chi connectivity index (χ1n) is 8.00. The first kappa shape index (κ1) is 22.1. The number of hydrogen-bond acceptors (Lipinski definition) is 5. The van der Waals surface area contributed by atoms with Crippen molar-refractivity contribution in [3.8, 4) is 0 Å². The molecule has 0 fully saturated rings. The third-order valence-electron chi connectivity index (χ3n) is 3.23. The molecule has 0 aliphatic carbocycles. The van der Waals surface area contributed by atoms with Crippen LogP contribution < -0.4 is 5.32 Å². The molecular formula is C15H30NO6P. The van der Waals surface area contributed by atoms with Gasteiger partial charge in [0.1, 0.15) is 11.7 Å². The van der Waals surface area contributed by atoms with Crippen LogP contribution in [0.25, 0.3) is 0 Å². The number of carbonyl (C=O) groups excluding carboxylic acids is 1. The molecule has 0 saturated carbocycles. The molecule has 0 bridgehead atoms. The van der Waals surface area contributed by atoms with Crippen LogP contribution in [-0.2, 0) is 23.2 Å². The second kappa shape index (κ2) is 10.1. The molecule has 0 aliphatic rings. The first-order valence-corrected chi connectivity index (χ1v) is 9.62. The second-order valence-electron chi connectivity index (χ2n) is 6.09. The van der Waals surface area contributed by atoms with E-state index in [2.05, 4.69) is 5.32 Å². The van der Waals surface area contributed by atoms with E-state index in [1.54, 1.807) is 27.7 Å². The Morgan fingerprint density at radius 3 is 1.87 bits per heavy atom. The van der Waals surface area contributed by atoms with Crippen molar-refractivity contribution >= 4 is 19.5 Å². The quantitative estimate of drug-likeness (QED) is 0.555. The average Bonchev–Trinajstić information content (AvgIpc) is 2.41. The minimum absolute atomic E-state index is 0.0716. The van der Waals surface area contributed by atoms with E-state index < -0.39 is 31.2 Å². The molecule has 136 valence electrons. The molecule has 0 aromatic heterocycles. The van der Waals surface area contributed by atoms with Gasteiger partial charge in [0.05, 0.1) is 13.2 Å². The fraction of sp³-hybridized carbons (Fsp3) is 0.867. The van der Waals surface area contributed by atoms with Crippen LogP contribution in [0.5, 0.6) is 0 Å². The number of nitrogens with one attached hydrogen (secondary N) is 1. The predicted molar refractivity (Wildman–Crippen MR) is 88.5 cm³/mol. The summed E-state index contributed by atoms with van der Waals surface area (Å²) in [6, 6.07) is -1.05. The minimum atomic E-state index is -3.66. The Labute approximate surface area is 138 Å². The second-order valence-corrected chi connectivity index (χ2v) is 8.31. The molecule has 2 atom stereocenters. The van der Waals surface area contributed by atoms with E-state index in [9.17, 15) is 19.3 Å². The van der Waals surface area contributed by atoms with Gasteiger partial charge in [-0.3, -0.25) is 9.36 Å². The highest BCUT2D eigenvalue weighted by molar-refractivity contribution is 7.55. The zero-order valence-corrected chi connectivity index (χ0v) is 15.8. The summed E-state index contributed by atoms with van der Waals surface area (Å²) in [5.74, 6) is -1.96. The number of hydrogen-bond donors (Lipinski definition) is 2. The lowest BCUT2D eigenvalue weighted by atomic mass is 10.0. The number of rotatable bonds is 11. The highest BCUT2D eigenvalue weighted by atomic mass is 31.2. The molecule has 7 nitrogen and oxygen atoms in total. The molecule has 1 unspecified atom stereocenters. The van der Waals surface area contributed by atoms with Crippen molar-refractivity contribution in [1.29, 1.82) is 0 Å². The van der Waals surface area contributed by atoms with E-state index in [1.165, 1.54) is 0 Å². The SMILES string of the molecule is CCOP(=O)(OCC)C(CC(C)C)C(=O)N[C@H](C(=O)O)C(C)C. The Balaban J connectivity index is 5.47. The smallest absolute Gasteiger partial charge is 0.343 e. The lowest BCUT2D eigenvalue weighted by Crippen LogP contribution is -2.48. The van der Waals surface area contributed by atoms with Gasteiger partial charge in [-0.25, -0.2) is 4.79 Å². The van der Waals surface area contributed by atoms with Crippen molar-refractivity contribution in [2.75, 3.05) is 13.2 Å². The van der Waals surface area contributed by atoms with Crippen molar-refractivity contribution in [3.63, 3.8) is 0 Å². The van der Waals surface area contributed by atoms with Crippen LogP contribution in [-0.4, -0.2) is 41.9 Å². The molecule has 0 rings (SSSR count). The number of carboxylic acids is 1. The molecule has 0 radical (unpaired) electrons. The fourth-order valence-electron chi connectivity index (χ4n) is 2.17. The lowest BCUT2D eigenvalue weighted by Gasteiger charge is -2.28. The molecule has 1 amide bonds. The molecule has 0 aliphatic heterocycles. The highest BCUT2D eigenvalue weighted by Crippen LogP contribution is 2.55. The molecule has 8 heteroatoms. The summed E-state index contributed by atoms with van der Waals surface area (Å²) in [7, 11) is -3.66. The summed E-state index contributed by atoms with van der Waals surface area (Å²) in [6.07, 6.45) is 0.285. The van der Waals surface area contributed by atoms with Crippen molar-refractivity contribution < 1.29 is 28.3 Å². The summed E-state index contributed by atoms with van der Waals surface area (Å²) in [5, 5.41) is 11.7. The maximum Gasteiger partial charge on any atom is 0.343 e. The summed E-state index contributed by atoms with van der Waals surface area (Å²) in [6.45, 7) is 10.8. The molecule has 0 heterocycles. The zero-order chi connectivity index (χ0) is 18.2. The van der Waals surface area contributed by atoms with E-state index in [0.29, 0.717) is 0 Å². The van der Waals surface area contributed by atoms with Crippen LogP contribution in [0.15, 0.2) is 0 Å². The van der Waals surface area contributed by atoms with Gasteiger partial charge in [-0.05, 0) is 32.1 Å². The monoisotopic (exact) mass is 351 g/mol. The molecule has 2 N–H and O–H groups in total.